The lowest BCUT2D eigenvalue weighted by Crippen LogP contribution is -2.14. The molecule has 1 atom stereocenters. The fourth-order valence-electron chi connectivity index (χ4n) is 0.788. The van der Waals surface area contributed by atoms with Crippen molar-refractivity contribution in [3.05, 3.63) is 6.92 Å². The van der Waals surface area contributed by atoms with Gasteiger partial charge in [-0.2, -0.15) is 0 Å². The summed E-state index contributed by atoms with van der Waals surface area (Å²) in [4.78, 5) is 0. The predicted molar refractivity (Wildman–Crippen MR) is 42.0 cm³/mol. The summed E-state index contributed by atoms with van der Waals surface area (Å²) in [6, 6.07) is 0.142. The van der Waals surface area contributed by atoms with Crippen molar-refractivity contribution in [2.24, 2.45) is 11.7 Å². The van der Waals surface area contributed by atoms with E-state index >= 15 is 0 Å². The third-order valence-corrected chi connectivity index (χ3v) is 1.36. The third kappa shape index (κ3) is 7.96. The summed E-state index contributed by atoms with van der Waals surface area (Å²) in [6.07, 6.45) is 3.57. The van der Waals surface area contributed by atoms with Crippen LogP contribution in [0.3, 0.4) is 0 Å². The first kappa shape index (κ1) is 8.96. The quantitative estimate of drug-likeness (QED) is 0.615. The van der Waals surface area contributed by atoms with Crippen LogP contribution in [-0.4, -0.2) is 6.04 Å². The van der Waals surface area contributed by atoms with Gasteiger partial charge in [-0.25, -0.2) is 0 Å². The van der Waals surface area contributed by atoms with E-state index in [0.29, 0.717) is 0 Å². The summed E-state index contributed by atoms with van der Waals surface area (Å²) in [5.41, 5.74) is 5.47. The summed E-state index contributed by atoms with van der Waals surface area (Å²) >= 11 is 0. The van der Waals surface area contributed by atoms with E-state index in [1.165, 1.54) is 12.8 Å². The van der Waals surface area contributed by atoms with Gasteiger partial charge < -0.3 is 5.73 Å². The van der Waals surface area contributed by atoms with Gasteiger partial charge in [0.1, 0.15) is 0 Å². The van der Waals surface area contributed by atoms with E-state index in [2.05, 4.69) is 20.8 Å². The van der Waals surface area contributed by atoms with Crippen LogP contribution >= 0.6 is 0 Å². The first-order valence-corrected chi connectivity index (χ1v) is 3.71. The molecule has 0 aliphatic heterocycles. The van der Waals surface area contributed by atoms with Crippen LogP contribution in [0.25, 0.3) is 0 Å². The third-order valence-electron chi connectivity index (χ3n) is 1.36. The molecule has 0 saturated heterocycles. The Morgan fingerprint density at radius 1 is 1.33 bits per heavy atom. The van der Waals surface area contributed by atoms with Crippen LogP contribution < -0.4 is 5.73 Å². The monoisotopic (exact) mass is 128 g/mol. The molecule has 0 aromatic heterocycles. The van der Waals surface area contributed by atoms with Crippen LogP contribution in [0, 0.1) is 12.8 Å². The summed E-state index contributed by atoms with van der Waals surface area (Å²) in [7, 11) is 0. The Balaban J connectivity index is 2.91. The van der Waals surface area contributed by atoms with Crippen molar-refractivity contribution in [3.8, 4) is 0 Å². The van der Waals surface area contributed by atoms with Crippen LogP contribution in [0.1, 0.15) is 33.1 Å². The molecule has 55 valence electrons. The van der Waals surface area contributed by atoms with Gasteiger partial charge in [0.2, 0.25) is 0 Å². The lowest BCUT2D eigenvalue weighted by Gasteiger charge is -2.05. The lowest BCUT2D eigenvalue weighted by atomic mass is 10.0. The zero-order valence-electron chi connectivity index (χ0n) is 6.56. The molecule has 0 saturated carbocycles. The molecule has 0 bridgehead atoms. The second-order valence-corrected chi connectivity index (χ2v) is 3.08. The van der Waals surface area contributed by atoms with Gasteiger partial charge >= 0.3 is 0 Å². The van der Waals surface area contributed by atoms with Crippen LogP contribution in [0.2, 0.25) is 0 Å². The van der Waals surface area contributed by atoms with Gasteiger partial charge in [0.05, 0.1) is 0 Å². The molecule has 2 N–H and O–H groups in total. The Morgan fingerprint density at radius 2 is 1.89 bits per heavy atom. The molecule has 0 amide bonds. The van der Waals surface area contributed by atoms with Gasteiger partial charge in [0.25, 0.3) is 0 Å². The van der Waals surface area contributed by atoms with Gasteiger partial charge in [-0.15, -0.1) is 0 Å². The fourth-order valence-corrected chi connectivity index (χ4v) is 0.788. The molecule has 0 aromatic rings. The Bertz CT molecular complexity index is 49.6. The first-order chi connectivity index (χ1) is 4.13. The molecule has 0 spiro atoms. The number of rotatable bonds is 4. The maximum Gasteiger partial charge on any atom is 0.00394 e. The molecular weight excluding hydrogens is 110 g/mol. The van der Waals surface area contributed by atoms with Crippen LogP contribution in [-0.2, 0) is 0 Å². The van der Waals surface area contributed by atoms with Gasteiger partial charge in [-0.1, -0.05) is 26.7 Å². The summed E-state index contributed by atoms with van der Waals surface area (Å²) in [5, 5.41) is 0. The van der Waals surface area contributed by atoms with Crippen molar-refractivity contribution in [1.29, 1.82) is 0 Å². The minimum Gasteiger partial charge on any atom is -0.328 e. The van der Waals surface area contributed by atoms with E-state index < -0.39 is 0 Å². The Labute approximate surface area is 58.6 Å². The second-order valence-electron chi connectivity index (χ2n) is 3.08. The van der Waals surface area contributed by atoms with Crippen molar-refractivity contribution >= 4 is 0 Å². The minimum atomic E-state index is 0.142. The van der Waals surface area contributed by atoms with E-state index in [1.807, 2.05) is 0 Å². The molecule has 0 aliphatic rings. The molecule has 9 heavy (non-hydrogen) atoms. The smallest absolute Gasteiger partial charge is 0.00394 e. The second kappa shape index (κ2) is 4.80. The standard InChI is InChI=1S/C8H18N/c1-7(2)5-4-6-8(3)9/h7-8H,3-6,9H2,1-2H3. The van der Waals surface area contributed by atoms with E-state index in [4.69, 9.17) is 5.73 Å². The van der Waals surface area contributed by atoms with Crippen molar-refractivity contribution in [2.75, 3.05) is 0 Å². The van der Waals surface area contributed by atoms with E-state index in [-0.39, 0.29) is 6.04 Å². The predicted octanol–water partition coefficient (Wildman–Crippen LogP) is 1.97. The fraction of sp³-hybridized carbons (Fsp3) is 0.875. The van der Waals surface area contributed by atoms with Crippen molar-refractivity contribution in [1.82, 2.24) is 0 Å². The maximum atomic E-state index is 5.47. The normalized spacial score (nSPS) is 14.3. The van der Waals surface area contributed by atoms with Gasteiger partial charge in [0, 0.05) is 6.04 Å². The zero-order valence-corrected chi connectivity index (χ0v) is 6.56. The van der Waals surface area contributed by atoms with Crippen LogP contribution in [0.4, 0.5) is 0 Å². The molecule has 1 heteroatoms. The van der Waals surface area contributed by atoms with Gasteiger partial charge in [-0.3, -0.25) is 0 Å². The van der Waals surface area contributed by atoms with Crippen molar-refractivity contribution < 1.29 is 0 Å². The van der Waals surface area contributed by atoms with Gasteiger partial charge in [-0.05, 0) is 19.3 Å². The molecule has 0 fully saturated rings. The number of hydrogen-bond acceptors (Lipinski definition) is 1. The molecule has 1 unspecified atom stereocenters. The maximum absolute atomic E-state index is 5.47. The molecule has 0 rings (SSSR count). The van der Waals surface area contributed by atoms with E-state index in [9.17, 15) is 0 Å². The number of hydrogen-bond donors (Lipinski definition) is 1. The first-order valence-electron chi connectivity index (χ1n) is 3.71. The highest BCUT2D eigenvalue weighted by molar-refractivity contribution is 4.62. The van der Waals surface area contributed by atoms with Crippen LogP contribution in [0.5, 0.6) is 0 Å². The average Bonchev–Trinajstić information content (AvgIpc) is 1.63. The molecule has 1 radical (unpaired) electrons. The number of nitrogens with two attached hydrogens (primary N) is 1. The largest absolute Gasteiger partial charge is 0.328 e. The SMILES string of the molecule is [CH2]C(N)CCCC(C)C. The summed E-state index contributed by atoms with van der Waals surface area (Å²) < 4.78 is 0. The Morgan fingerprint density at radius 3 is 2.22 bits per heavy atom. The van der Waals surface area contributed by atoms with Crippen molar-refractivity contribution in [3.63, 3.8) is 0 Å². The lowest BCUT2D eigenvalue weighted by molar-refractivity contribution is 0.522. The van der Waals surface area contributed by atoms with E-state index in [1.54, 1.807) is 0 Å². The topological polar surface area (TPSA) is 26.0 Å². The minimum absolute atomic E-state index is 0.142. The zero-order chi connectivity index (χ0) is 7.28. The molecule has 0 aromatic carbocycles. The highest BCUT2D eigenvalue weighted by atomic mass is 14.6. The highest BCUT2D eigenvalue weighted by Crippen LogP contribution is 2.06. The molecule has 0 heterocycles. The molecule has 0 aliphatic carbocycles. The molecule has 1 nitrogen and oxygen atoms in total. The van der Waals surface area contributed by atoms with E-state index in [0.717, 1.165) is 12.3 Å². The average molecular weight is 128 g/mol. The Kier molecular flexibility index (Phi) is 4.78. The highest BCUT2D eigenvalue weighted by Gasteiger charge is 1.96. The Hall–Kier alpha value is -0.0400. The molecular formula is C8H18N. The summed E-state index contributed by atoms with van der Waals surface area (Å²) in [6.45, 7) is 8.17. The summed E-state index contributed by atoms with van der Waals surface area (Å²) in [5.74, 6) is 0.809. The van der Waals surface area contributed by atoms with Crippen molar-refractivity contribution in [2.45, 2.75) is 39.2 Å². The van der Waals surface area contributed by atoms with Crippen LogP contribution in [0.15, 0.2) is 0 Å². The van der Waals surface area contributed by atoms with Gasteiger partial charge in [0.15, 0.2) is 0 Å².